The zero-order valence-electron chi connectivity index (χ0n) is 11.8. The molecule has 0 heterocycles. The fraction of sp³-hybridized carbons (Fsp3) is 0.235. The quantitative estimate of drug-likeness (QED) is 0.754. The molecule has 2 aromatic carbocycles. The van der Waals surface area contributed by atoms with Gasteiger partial charge >= 0.3 is 5.97 Å². The second-order valence-corrected chi connectivity index (χ2v) is 4.58. The Hall–Kier alpha value is -2.36. The van der Waals surface area contributed by atoms with Crippen LogP contribution in [0.3, 0.4) is 0 Å². The molecule has 4 heteroatoms. The largest absolute Gasteiger partial charge is 0.489 e. The SMILES string of the molecule is CCCOC(=O)c1cccc(OCc2ccc(F)cc2)c1. The minimum atomic E-state index is -0.357. The molecule has 0 spiro atoms. The van der Waals surface area contributed by atoms with Crippen molar-refractivity contribution in [2.75, 3.05) is 6.61 Å². The summed E-state index contributed by atoms with van der Waals surface area (Å²) in [6, 6.07) is 12.9. The highest BCUT2D eigenvalue weighted by atomic mass is 19.1. The molecule has 2 rings (SSSR count). The summed E-state index contributed by atoms with van der Waals surface area (Å²) in [5, 5.41) is 0. The summed E-state index contributed by atoms with van der Waals surface area (Å²) in [6.07, 6.45) is 0.784. The van der Waals surface area contributed by atoms with Crippen LogP contribution in [0.2, 0.25) is 0 Å². The van der Waals surface area contributed by atoms with Gasteiger partial charge in [0.1, 0.15) is 18.2 Å². The minimum absolute atomic E-state index is 0.278. The van der Waals surface area contributed by atoms with E-state index >= 15 is 0 Å². The number of carbonyl (C=O) groups is 1. The van der Waals surface area contributed by atoms with Crippen LogP contribution in [-0.4, -0.2) is 12.6 Å². The van der Waals surface area contributed by atoms with Gasteiger partial charge in [-0.3, -0.25) is 0 Å². The summed E-state index contributed by atoms with van der Waals surface area (Å²) in [4.78, 5) is 11.7. The first-order valence-corrected chi connectivity index (χ1v) is 6.83. The van der Waals surface area contributed by atoms with Gasteiger partial charge in [-0.1, -0.05) is 25.1 Å². The summed E-state index contributed by atoms with van der Waals surface area (Å²) < 4.78 is 23.5. The standard InChI is InChI=1S/C17H17FO3/c1-2-10-20-17(19)14-4-3-5-16(11-14)21-12-13-6-8-15(18)9-7-13/h3-9,11H,2,10,12H2,1H3. The lowest BCUT2D eigenvalue weighted by atomic mass is 10.2. The Kier molecular flexibility index (Phi) is 5.32. The smallest absolute Gasteiger partial charge is 0.338 e. The summed E-state index contributed by atoms with van der Waals surface area (Å²) in [5.74, 6) is -0.0613. The van der Waals surface area contributed by atoms with Crippen molar-refractivity contribution in [2.45, 2.75) is 20.0 Å². The van der Waals surface area contributed by atoms with E-state index in [0.29, 0.717) is 24.5 Å². The van der Waals surface area contributed by atoms with E-state index in [4.69, 9.17) is 9.47 Å². The van der Waals surface area contributed by atoms with Crippen molar-refractivity contribution in [2.24, 2.45) is 0 Å². The van der Waals surface area contributed by atoms with Crippen LogP contribution in [-0.2, 0) is 11.3 Å². The molecule has 0 radical (unpaired) electrons. The zero-order chi connectivity index (χ0) is 15.1. The normalized spacial score (nSPS) is 10.2. The minimum Gasteiger partial charge on any atom is -0.489 e. The predicted molar refractivity (Wildman–Crippen MR) is 77.7 cm³/mol. The Morgan fingerprint density at radius 3 is 2.62 bits per heavy atom. The molecule has 0 fully saturated rings. The van der Waals surface area contributed by atoms with Gasteiger partial charge in [0, 0.05) is 0 Å². The number of rotatable bonds is 6. The second kappa shape index (κ2) is 7.43. The number of halogens is 1. The van der Waals surface area contributed by atoms with Crippen molar-refractivity contribution >= 4 is 5.97 Å². The van der Waals surface area contributed by atoms with E-state index in [0.717, 1.165) is 12.0 Å². The molecule has 3 nitrogen and oxygen atoms in total. The molecule has 2 aromatic rings. The van der Waals surface area contributed by atoms with E-state index in [1.807, 2.05) is 6.92 Å². The number of esters is 1. The van der Waals surface area contributed by atoms with E-state index in [2.05, 4.69) is 0 Å². The number of hydrogen-bond donors (Lipinski definition) is 0. The van der Waals surface area contributed by atoms with Crippen molar-refractivity contribution in [3.8, 4) is 5.75 Å². The van der Waals surface area contributed by atoms with E-state index < -0.39 is 0 Å². The van der Waals surface area contributed by atoms with Gasteiger partial charge in [0.15, 0.2) is 0 Å². The van der Waals surface area contributed by atoms with Crippen LogP contribution in [0.15, 0.2) is 48.5 Å². The Morgan fingerprint density at radius 1 is 1.14 bits per heavy atom. The highest BCUT2D eigenvalue weighted by Crippen LogP contribution is 2.16. The second-order valence-electron chi connectivity index (χ2n) is 4.58. The molecule has 0 aromatic heterocycles. The van der Waals surface area contributed by atoms with Crippen molar-refractivity contribution in [1.82, 2.24) is 0 Å². The van der Waals surface area contributed by atoms with Gasteiger partial charge in [0.05, 0.1) is 12.2 Å². The van der Waals surface area contributed by atoms with Gasteiger partial charge in [-0.05, 0) is 42.3 Å². The van der Waals surface area contributed by atoms with Crippen LogP contribution in [0, 0.1) is 5.82 Å². The van der Waals surface area contributed by atoms with Crippen molar-refractivity contribution in [3.05, 3.63) is 65.5 Å². The van der Waals surface area contributed by atoms with Crippen LogP contribution in [0.5, 0.6) is 5.75 Å². The Bertz CT molecular complexity index is 593. The number of benzene rings is 2. The van der Waals surface area contributed by atoms with Gasteiger partial charge in [0.25, 0.3) is 0 Å². The fourth-order valence-corrected chi connectivity index (χ4v) is 1.74. The topological polar surface area (TPSA) is 35.5 Å². The molecule has 0 aliphatic carbocycles. The lowest BCUT2D eigenvalue weighted by Crippen LogP contribution is -2.06. The molecule has 0 saturated heterocycles. The number of ether oxygens (including phenoxy) is 2. The zero-order valence-corrected chi connectivity index (χ0v) is 11.8. The Balaban J connectivity index is 1.97. The molecule has 0 aliphatic heterocycles. The average molecular weight is 288 g/mol. The molecular formula is C17H17FO3. The first kappa shape index (κ1) is 15.0. The molecule has 110 valence electrons. The first-order chi connectivity index (χ1) is 10.2. The molecule has 0 unspecified atom stereocenters. The molecule has 0 N–H and O–H groups in total. The molecule has 0 aliphatic rings. The summed E-state index contributed by atoms with van der Waals surface area (Å²) in [5.41, 5.74) is 1.32. The highest BCUT2D eigenvalue weighted by molar-refractivity contribution is 5.89. The highest BCUT2D eigenvalue weighted by Gasteiger charge is 2.07. The number of hydrogen-bond acceptors (Lipinski definition) is 3. The van der Waals surface area contributed by atoms with Crippen molar-refractivity contribution in [1.29, 1.82) is 0 Å². The lowest BCUT2D eigenvalue weighted by molar-refractivity contribution is 0.0504. The van der Waals surface area contributed by atoms with Crippen LogP contribution >= 0.6 is 0 Å². The fourth-order valence-electron chi connectivity index (χ4n) is 1.74. The van der Waals surface area contributed by atoms with Gasteiger partial charge in [0.2, 0.25) is 0 Å². The predicted octanol–water partition coefficient (Wildman–Crippen LogP) is 3.97. The lowest BCUT2D eigenvalue weighted by Gasteiger charge is -2.08. The van der Waals surface area contributed by atoms with Crippen LogP contribution in [0.1, 0.15) is 29.3 Å². The van der Waals surface area contributed by atoms with Gasteiger partial charge in [-0.15, -0.1) is 0 Å². The third kappa shape index (κ3) is 4.60. The van der Waals surface area contributed by atoms with Crippen LogP contribution in [0.4, 0.5) is 4.39 Å². The Labute approximate surface area is 123 Å². The van der Waals surface area contributed by atoms with Gasteiger partial charge < -0.3 is 9.47 Å². The van der Waals surface area contributed by atoms with Gasteiger partial charge in [-0.2, -0.15) is 0 Å². The van der Waals surface area contributed by atoms with Crippen LogP contribution < -0.4 is 4.74 Å². The van der Waals surface area contributed by atoms with Gasteiger partial charge in [-0.25, -0.2) is 9.18 Å². The average Bonchev–Trinajstić information content (AvgIpc) is 2.52. The molecular weight excluding hydrogens is 271 g/mol. The van der Waals surface area contributed by atoms with E-state index in [1.54, 1.807) is 36.4 Å². The summed E-state index contributed by atoms with van der Waals surface area (Å²) >= 11 is 0. The van der Waals surface area contributed by atoms with Crippen LogP contribution in [0.25, 0.3) is 0 Å². The maximum atomic E-state index is 12.8. The number of carbonyl (C=O) groups excluding carboxylic acids is 1. The summed E-state index contributed by atoms with van der Waals surface area (Å²) in [6.45, 7) is 2.66. The van der Waals surface area contributed by atoms with Crippen molar-refractivity contribution < 1.29 is 18.7 Å². The van der Waals surface area contributed by atoms with E-state index in [1.165, 1.54) is 12.1 Å². The van der Waals surface area contributed by atoms with E-state index in [9.17, 15) is 9.18 Å². The molecule has 0 saturated carbocycles. The maximum Gasteiger partial charge on any atom is 0.338 e. The third-order valence-electron chi connectivity index (χ3n) is 2.83. The van der Waals surface area contributed by atoms with E-state index in [-0.39, 0.29) is 11.8 Å². The molecule has 0 atom stereocenters. The monoisotopic (exact) mass is 288 g/mol. The molecule has 21 heavy (non-hydrogen) atoms. The van der Waals surface area contributed by atoms with Crippen molar-refractivity contribution in [3.63, 3.8) is 0 Å². The molecule has 0 amide bonds. The third-order valence-corrected chi connectivity index (χ3v) is 2.83. The maximum absolute atomic E-state index is 12.8. The first-order valence-electron chi connectivity index (χ1n) is 6.83. The molecule has 0 bridgehead atoms. The summed E-state index contributed by atoms with van der Waals surface area (Å²) in [7, 11) is 0. The Morgan fingerprint density at radius 2 is 1.90 bits per heavy atom.